The highest BCUT2D eigenvalue weighted by atomic mass is 32.2. The second kappa shape index (κ2) is 5.27. The molecular weight excluding hydrogens is 214 g/mol. The molecular formula is C9H17N3O2S. The van der Waals surface area contributed by atoms with Crippen molar-refractivity contribution >= 4 is 9.84 Å². The number of hydrogen-bond acceptors (Lipinski definition) is 4. The fourth-order valence-electron chi connectivity index (χ4n) is 1.15. The number of hydrogen-bond donors (Lipinski definition) is 1. The average Bonchev–Trinajstić information content (AvgIpc) is 2.60. The minimum Gasteiger partial charge on any atom is -0.315 e. The van der Waals surface area contributed by atoms with Crippen LogP contribution in [0.1, 0.15) is 13.3 Å². The van der Waals surface area contributed by atoms with Gasteiger partial charge in [-0.05, 0) is 13.0 Å². The van der Waals surface area contributed by atoms with Crippen molar-refractivity contribution in [3.8, 4) is 0 Å². The Kier molecular flexibility index (Phi) is 4.28. The van der Waals surface area contributed by atoms with Crippen LogP contribution in [0.2, 0.25) is 0 Å². The van der Waals surface area contributed by atoms with Gasteiger partial charge in [0.05, 0.1) is 12.7 Å². The smallest absolute Gasteiger partial charge is 0.178 e. The zero-order valence-corrected chi connectivity index (χ0v) is 9.92. The minimum absolute atomic E-state index is 0.276. The zero-order valence-electron chi connectivity index (χ0n) is 9.10. The molecule has 0 bridgehead atoms. The van der Waals surface area contributed by atoms with Gasteiger partial charge in [0, 0.05) is 19.0 Å². The van der Waals surface area contributed by atoms with E-state index in [1.807, 2.05) is 0 Å². The molecule has 1 aromatic rings. The van der Waals surface area contributed by atoms with Gasteiger partial charge in [0.2, 0.25) is 0 Å². The zero-order chi connectivity index (χ0) is 11.3. The number of nitrogens with zero attached hydrogens (tertiary/aromatic N) is 2. The molecule has 0 atom stereocenters. The third kappa shape index (κ3) is 4.01. The van der Waals surface area contributed by atoms with E-state index in [0.29, 0.717) is 6.54 Å². The van der Waals surface area contributed by atoms with Gasteiger partial charge in [0.25, 0.3) is 0 Å². The first-order valence-corrected chi connectivity index (χ1v) is 6.86. The largest absolute Gasteiger partial charge is 0.315 e. The first-order chi connectivity index (χ1) is 7.04. The number of rotatable bonds is 6. The molecule has 0 unspecified atom stereocenters. The van der Waals surface area contributed by atoms with Crippen molar-refractivity contribution in [2.75, 3.05) is 19.3 Å². The van der Waals surface area contributed by atoms with Gasteiger partial charge in [-0.25, -0.2) is 8.42 Å². The molecule has 0 aliphatic heterocycles. The Morgan fingerprint density at radius 2 is 2.20 bits per heavy atom. The van der Waals surface area contributed by atoms with Crippen LogP contribution in [-0.2, 0) is 16.4 Å². The molecule has 1 heterocycles. The maximum atomic E-state index is 11.2. The van der Waals surface area contributed by atoms with Gasteiger partial charge in [-0.2, -0.15) is 5.10 Å². The summed E-state index contributed by atoms with van der Waals surface area (Å²) in [5.74, 6) is 0. The third-order valence-corrected chi connectivity index (χ3v) is 3.05. The molecule has 86 valence electrons. The van der Waals surface area contributed by atoms with Crippen molar-refractivity contribution in [1.29, 1.82) is 0 Å². The molecule has 0 spiro atoms. The highest BCUT2D eigenvalue weighted by molar-refractivity contribution is 7.90. The molecule has 0 radical (unpaired) electrons. The Morgan fingerprint density at radius 3 is 2.73 bits per heavy atom. The summed E-state index contributed by atoms with van der Waals surface area (Å²) in [5, 5.41) is 7.20. The molecule has 1 N–H and O–H groups in total. The van der Waals surface area contributed by atoms with Crippen LogP contribution in [0.5, 0.6) is 0 Å². The SMILES string of the molecule is CCCNCCn1cc(S(C)(=O)=O)cn1. The predicted molar refractivity (Wildman–Crippen MR) is 58.5 cm³/mol. The molecule has 5 nitrogen and oxygen atoms in total. The van der Waals surface area contributed by atoms with Gasteiger partial charge in [-0.3, -0.25) is 4.68 Å². The normalized spacial score (nSPS) is 11.9. The lowest BCUT2D eigenvalue weighted by Gasteiger charge is -2.02. The van der Waals surface area contributed by atoms with E-state index < -0.39 is 9.84 Å². The van der Waals surface area contributed by atoms with Crippen LogP contribution in [0, 0.1) is 0 Å². The van der Waals surface area contributed by atoms with Crippen molar-refractivity contribution in [1.82, 2.24) is 15.1 Å². The van der Waals surface area contributed by atoms with Crippen molar-refractivity contribution in [3.05, 3.63) is 12.4 Å². The Labute approximate surface area is 90.4 Å². The first-order valence-electron chi connectivity index (χ1n) is 4.97. The summed E-state index contributed by atoms with van der Waals surface area (Å²) in [5.41, 5.74) is 0. The summed E-state index contributed by atoms with van der Waals surface area (Å²) in [6.07, 6.45) is 5.22. The molecule has 6 heteroatoms. The predicted octanol–water partition coefficient (Wildman–Crippen LogP) is 0.286. The third-order valence-electron chi connectivity index (χ3n) is 1.98. The number of aromatic nitrogens is 2. The van der Waals surface area contributed by atoms with Crippen LogP contribution in [0.25, 0.3) is 0 Å². The quantitative estimate of drug-likeness (QED) is 0.715. The number of nitrogens with one attached hydrogen (secondary N) is 1. The van der Waals surface area contributed by atoms with Gasteiger partial charge in [0.1, 0.15) is 4.90 Å². The highest BCUT2D eigenvalue weighted by Gasteiger charge is 2.09. The van der Waals surface area contributed by atoms with Crippen LogP contribution in [0.15, 0.2) is 17.3 Å². The molecule has 0 aliphatic rings. The molecule has 0 saturated carbocycles. The van der Waals surface area contributed by atoms with Crippen molar-refractivity contribution in [3.63, 3.8) is 0 Å². The fourth-order valence-corrected chi connectivity index (χ4v) is 1.71. The lowest BCUT2D eigenvalue weighted by molar-refractivity contribution is 0.552. The molecule has 1 aromatic heterocycles. The summed E-state index contributed by atoms with van der Waals surface area (Å²) in [6.45, 7) is 4.57. The molecule has 0 amide bonds. The van der Waals surface area contributed by atoms with Gasteiger partial charge in [-0.1, -0.05) is 6.92 Å². The standard InChI is InChI=1S/C9H17N3O2S/c1-3-4-10-5-6-12-8-9(7-11-12)15(2,13)14/h7-8,10H,3-6H2,1-2H3. The Bertz CT molecular complexity index is 397. The second-order valence-corrected chi connectivity index (χ2v) is 5.48. The van der Waals surface area contributed by atoms with Crippen LogP contribution >= 0.6 is 0 Å². The Balaban J connectivity index is 2.47. The second-order valence-electron chi connectivity index (χ2n) is 3.46. The summed E-state index contributed by atoms with van der Waals surface area (Å²) in [7, 11) is -3.12. The molecule has 0 saturated heterocycles. The van der Waals surface area contributed by atoms with E-state index in [0.717, 1.165) is 19.5 Å². The molecule has 0 aromatic carbocycles. The van der Waals surface area contributed by atoms with Crippen molar-refractivity contribution in [2.24, 2.45) is 0 Å². The van der Waals surface area contributed by atoms with E-state index in [-0.39, 0.29) is 4.90 Å². The number of sulfone groups is 1. The summed E-state index contributed by atoms with van der Waals surface area (Å²) >= 11 is 0. The molecule has 0 aliphatic carbocycles. The lowest BCUT2D eigenvalue weighted by Crippen LogP contribution is -2.20. The van der Waals surface area contributed by atoms with E-state index in [1.165, 1.54) is 12.5 Å². The summed E-state index contributed by atoms with van der Waals surface area (Å²) in [4.78, 5) is 0.276. The highest BCUT2D eigenvalue weighted by Crippen LogP contribution is 2.05. The maximum Gasteiger partial charge on any atom is 0.178 e. The van der Waals surface area contributed by atoms with Gasteiger partial charge < -0.3 is 5.32 Å². The van der Waals surface area contributed by atoms with Crippen LogP contribution in [0.4, 0.5) is 0 Å². The lowest BCUT2D eigenvalue weighted by atomic mass is 10.5. The first kappa shape index (κ1) is 12.2. The fraction of sp³-hybridized carbons (Fsp3) is 0.667. The summed E-state index contributed by atoms with van der Waals surface area (Å²) < 4.78 is 23.9. The monoisotopic (exact) mass is 231 g/mol. The maximum absolute atomic E-state index is 11.2. The van der Waals surface area contributed by atoms with Gasteiger partial charge in [-0.15, -0.1) is 0 Å². The van der Waals surface area contributed by atoms with Gasteiger partial charge >= 0.3 is 0 Å². The molecule has 1 rings (SSSR count). The minimum atomic E-state index is -3.12. The van der Waals surface area contributed by atoms with E-state index in [9.17, 15) is 8.42 Å². The van der Waals surface area contributed by atoms with Crippen molar-refractivity contribution < 1.29 is 8.42 Å². The van der Waals surface area contributed by atoms with E-state index in [2.05, 4.69) is 17.3 Å². The van der Waals surface area contributed by atoms with E-state index in [4.69, 9.17) is 0 Å². The summed E-state index contributed by atoms with van der Waals surface area (Å²) in [6, 6.07) is 0. The van der Waals surface area contributed by atoms with Crippen molar-refractivity contribution in [2.45, 2.75) is 24.8 Å². The van der Waals surface area contributed by atoms with E-state index >= 15 is 0 Å². The average molecular weight is 231 g/mol. The van der Waals surface area contributed by atoms with Gasteiger partial charge in [0.15, 0.2) is 9.84 Å². The molecule has 0 fully saturated rings. The van der Waals surface area contributed by atoms with Crippen LogP contribution in [-0.4, -0.2) is 37.5 Å². The van der Waals surface area contributed by atoms with E-state index in [1.54, 1.807) is 10.9 Å². The van der Waals surface area contributed by atoms with Crippen LogP contribution in [0.3, 0.4) is 0 Å². The Hall–Kier alpha value is -0.880. The Morgan fingerprint density at radius 1 is 1.47 bits per heavy atom. The topological polar surface area (TPSA) is 64.0 Å². The molecule has 15 heavy (non-hydrogen) atoms. The van der Waals surface area contributed by atoms with Crippen LogP contribution < -0.4 is 5.32 Å².